The summed E-state index contributed by atoms with van der Waals surface area (Å²) in [5.41, 5.74) is 7.07. The first-order valence-corrected chi connectivity index (χ1v) is 6.21. The van der Waals surface area contributed by atoms with Crippen molar-refractivity contribution < 1.29 is 4.42 Å². The Morgan fingerprint density at radius 3 is 2.80 bits per heavy atom. The minimum absolute atomic E-state index is 0. The van der Waals surface area contributed by atoms with E-state index < -0.39 is 0 Å². The van der Waals surface area contributed by atoms with E-state index in [1.165, 1.54) is 0 Å². The van der Waals surface area contributed by atoms with E-state index in [4.69, 9.17) is 15.4 Å². The van der Waals surface area contributed by atoms with Crippen molar-refractivity contribution in [1.29, 1.82) is 5.26 Å². The van der Waals surface area contributed by atoms with Gasteiger partial charge in [-0.3, -0.25) is 4.90 Å². The number of hydrogen-bond donors (Lipinski definition) is 1. The number of nitriles is 1. The van der Waals surface area contributed by atoms with Crippen molar-refractivity contribution in [3.8, 4) is 17.4 Å². The molecule has 0 aliphatic carbocycles. The van der Waals surface area contributed by atoms with Gasteiger partial charge in [0, 0.05) is 18.7 Å². The summed E-state index contributed by atoms with van der Waals surface area (Å²) in [6.45, 7) is 2.20. The standard InChI is InChI=1S/C15H17N3O.ClH/c1-18(8-7-16)11-14-5-6-15(19-14)13-4-2-3-12(9-13)10-17;/h2-6,9H,7-8,11,16H2,1H3;1H. The molecule has 0 radical (unpaired) electrons. The predicted molar refractivity (Wildman–Crippen MR) is 81.5 cm³/mol. The van der Waals surface area contributed by atoms with Crippen LogP contribution in [0.3, 0.4) is 0 Å². The fraction of sp³-hybridized carbons (Fsp3) is 0.267. The number of likely N-dealkylation sites (N-methyl/N-ethyl adjacent to an activating group) is 1. The largest absolute Gasteiger partial charge is 0.460 e. The van der Waals surface area contributed by atoms with Crippen LogP contribution in [0.2, 0.25) is 0 Å². The molecule has 0 saturated carbocycles. The van der Waals surface area contributed by atoms with Crippen molar-refractivity contribution in [2.45, 2.75) is 6.54 Å². The number of halogens is 1. The third-order valence-electron chi connectivity index (χ3n) is 2.87. The molecule has 2 N–H and O–H groups in total. The van der Waals surface area contributed by atoms with E-state index in [0.29, 0.717) is 12.1 Å². The quantitative estimate of drug-likeness (QED) is 0.919. The van der Waals surface area contributed by atoms with Gasteiger partial charge in [-0.25, -0.2) is 0 Å². The average molecular weight is 292 g/mol. The molecule has 0 saturated heterocycles. The zero-order valence-corrected chi connectivity index (χ0v) is 12.2. The Kier molecular flexibility index (Phi) is 6.26. The lowest BCUT2D eigenvalue weighted by molar-refractivity contribution is 0.304. The van der Waals surface area contributed by atoms with Crippen LogP contribution in [0.5, 0.6) is 0 Å². The van der Waals surface area contributed by atoms with Crippen molar-refractivity contribution in [2.24, 2.45) is 5.73 Å². The lowest BCUT2D eigenvalue weighted by Crippen LogP contribution is -2.24. The number of benzene rings is 1. The Balaban J connectivity index is 0.00000200. The number of nitrogens with zero attached hydrogens (tertiary/aromatic N) is 2. The maximum atomic E-state index is 8.89. The van der Waals surface area contributed by atoms with Crippen LogP contribution in [0.4, 0.5) is 0 Å². The SMILES string of the molecule is CN(CCN)Cc1ccc(-c2cccc(C#N)c2)o1.Cl. The Morgan fingerprint density at radius 2 is 2.10 bits per heavy atom. The fourth-order valence-electron chi connectivity index (χ4n) is 1.93. The van der Waals surface area contributed by atoms with Crippen LogP contribution in [0.15, 0.2) is 40.8 Å². The third-order valence-corrected chi connectivity index (χ3v) is 2.87. The number of rotatable bonds is 5. The second-order valence-corrected chi connectivity index (χ2v) is 4.49. The van der Waals surface area contributed by atoms with Crippen molar-refractivity contribution >= 4 is 12.4 Å². The molecule has 0 atom stereocenters. The molecule has 0 bridgehead atoms. The summed E-state index contributed by atoms with van der Waals surface area (Å²) in [4.78, 5) is 2.11. The molecule has 0 amide bonds. The topological polar surface area (TPSA) is 66.2 Å². The highest BCUT2D eigenvalue weighted by atomic mass is 35.5. The molecule has 2 rings (SSSR count). The average Bonchev–Trinajstić information content (AvgIpc) is 2.87. The van der Waals surface area contributed by atoms with Gasteiger partial charge in [-0.05, 0) is 31.3 Å². The van der Waals surface area contributed by atoms with Gasteiger partial charge in [0.05, 0.1) is 18.2 Å². The molecular formula is C15H18ClN3O. The maximum Gasteiger partial charge on any atom is 0.134 e. The Labute approximate surface area is 125 Å². The van der Waals surface area contributed by atoms with Gasteiger partial charge in [-0.15, -0.1) is 12.4 Å². The zero-order chi connectivity index (χ0) is 13.7. The summed E-state index contributed by atoms with van der Waals surface area (Å²) in [6, 6.07) is 13.4. The number of nitrogens with two attached hydrogens (primary N) is 1. The molecule has 0 fully saturated rings. The molecule has 5 heteroatoms. The molecule has 1 aromatic heterocycles. The minimum atomic E-state index is 0. The molecule has 1 heterocycles. The van der Waals surface area contributed by atoms with Gasteiger partial charge in [-0.2, -0.15) is 5.26 Å². The van der Waals surface area contributed by atoms with Crippen LogP contribution in [0.1, 0.15) is 11.3 Å². The Bertz CT molecular complexity index is 589. The lowest BCUT2D eigenvalue weighted by atomic mass is 10.1. The second kappa shape index (κ2) is 7.71. The Hall–Kier alpha value is -1.80. The highest BCUT2D eigenvalue weighted by Gasteiger charge is 2.07. The van der Waals surface area contributed by atoms with Gasteiger partial charge in [0.15, 0.2) is 0 Å². The fourth-order valence-corrected chi connectivity index (χ4v) is 1.93. The van der Waals surface area contributed by atoms with Crippen molar-refractivity contribution in [3.05, 3.63) is 47.7 Å². The van der Waals surface area contributed by atoms with E-state index in [1.807, 2.05) is 37.4 Å². The maximum absolute atomic E-state index is 8.89. The second-order valence-electron chi connectivity index (χ2n) is 4.49. The zero-order valence-electron chi connectivity index (χ0n) is 11.4. The molecule has 1 aromatic carbocycles. The van der Waals surface area contributed by atoms with Crippen LogP contribution < -0.4 is 5.73 Å². The summed E-state index contributed by atoms with van der Waals surface area (Å²) < 4.78 is 5.79. The first-order chi connectivity index (χ1) is 9.22. The van der Waals surface area contributed by atoms with Crippen LogP contribution >= 0.6 is 12.4 Å². The third kappa shape index (κ3) is 4.10. The summed E-state index contributed by atoms with van der Waals surface area (Å²) in [7, 11) is 2.01. The van der Waals surface area contributed by atoms with Gasteiger partial charge in [-0.1, -0.05) is 12.1 Å². The highest BCUT2D eigenvalue weighted by Crippen LogP contribution is 2.23. The molecule has 0 unspecified atom stereocenters. The molecule has 4 nitrogen and oxygen atoms in total. The van der Waals surface area contributed by atoms with E-state index >= 15 is 0 Å². The summed E-state index contributed by atoms with van der Waals surface area (Å²) in [5.74, 6) is 1.68. The molecular weight excluding hydrogens is 274 g/mol. The smallest absolute Gasteiger partial charge is 0.134 e. The molecule has 0 aliphatic heterocycles. The molecule has 0 spiro atoms. The summed E-state index contributed by atoms with van der Waals surface area (Å²) >= 11 is 0. The van der Waals surface area contributed by atoms with E-state index in [1.54, 1.807) is 6.07 Å². The first kappa shape index (κ1) is 16.3. The van der Waals surface area contributed by atoms with Crippen LogP contribution in [-0.4, -0.2) is 25.0 Å². The first-order valence-electron chi connectivity index (χ1n) is 6.21. The Morgan fingerprint density at radius 1 is 1.30 bits per heavy atom. The molecule has 106 valence electrons. The molecule has 2 aromatic rings. The van der Waals surface area contributed by atoms with Crippen molar-refractivity contribution in [3.63, 3.8) is 0 Å². The van der Waals surface area contributed by atoms with Crippen molar-refractivity contribution in [2.75, 3.05) is 20.1 Å². The van der Waals surface area contributed by atoms with Gasteiger partial charge < -0.3 is 10.2 Å². The van der Waals surface area contributed by atoms with Gasteiger partial charge >= 0.3 is 0 Å². The molecule has 20 heavy (non-hydrogen) atoms. The van der Waals surface area contributed by atoms with E-state index in [0.717, 1.165) is 30.2 Å². The molecule has 0 aliphatic rings. The van der Waals surface area contributed by atoms with Gasteiger partial charge in [0.2, 0.25) is 0 Å². The van der Waals surface area contributed by atoms with Crippen molar-refractivity contribution in [1.82, 2.24) is 4.90 Å². The normalized spacial score (nSPS) is 10.1. The number of furan rings is 1. The van der Waals surface area contributed by atoms with E-state index in [-0.39, 0.29) is 12.4 Å². The summed E-state index contributed by atoms with van der Waals surface area (Å²) in [6.07, 6.45) is 0. The monoisotopic (exact) mass is 291 g/mol. The minimum Gasteiger partial charge on any atom is -0.460 e. The van der Waals surface area contributed by atoms with Gasteiger partial charge in [0.25, 0.3) is 0 Å². The van der Waals surface area contributed by atoms with Gasteiger partial charge in [0.1, 0.15) is 11.5 Å². The van der Waals surface area contributed by atoms with E-state index in [2.05, 4.69) is 11.0 Å². The van der Waals surface area contributed by atoms with Crippen LogP contribution in [0.25, 0.3) is 11.3 Å². The number of hydrogen-bond acceptors (Lipinski definition) is 4. The summed E-state index contributed by atoms with van der Waals surface area (Å²) in [5, 5.41) is 8.89. The van der Waals surface area contributed by atoms with Crippen LogP contribution in [-0.2, 0) is 6.54 Å². The lowest BCUT2D eigenvalue weighted by Gasteiger charge is -2.12. The van der Waals surface area contributed by atoms with E-state index in [9.17, 15) is 0 Å². The predicted octanol–water partition coefficient (Wildman–Crippen LogP) is 2.63. The van der Waals surface area contributed by atoms with Crippen LogP contribution in [0, 0.1) is 11.3 Å². The highest BCUT2D eigenvalue weighted by molar-refractivity contribution is 5.85.